The number of hydrogen-bond donors (Lipinski definition) is 0. The first-order valence-corrected chi connectivity index (χ1v) is 8.13. The van der Waals surface area contributed by atoms with Crippen molar-refractivity contribution < 1.29 is 18.8 Å². The van der Waals surface area contributed by atoms with Crippen LogP contribution in [0.15, 0.2) is 34.9 Å². The minimum Gasteiger partial charge on any atom is -0.497 e. The number of rotatable bonds is 5. The molecule has 134 valence electrons. The smallest absolute Gasteiger partial charge is 0.342 e. The van der Waals surface area contributed by atoms with E-state index >= 15 is 0 Å². The lowest BCUT2D eigenvalue weighted by Crippen LogP contribution is -2.09. The summed E-state index contributed by atoms with van der Waals surface area (Å²) >= 11 is 6.05. The van der Waals surface area contributed by atoms with Crippen LogP contribution in [0, 0.1) is 13.8 Å². The van der Waals surface area contributed by atoms with Crippen LogP contribution in [0.4, 0.5) is 0 Å². The summed E-state index contributed by atoms with van der Waals surface area (Å²) in [5, 5.41) is 3.99. The average Bonchev–Trinajstić information content (AvgIpc) is 3.08. The van der Waals surface area contributed by atoms with Crippen molar-refractivity contribution in [2.45, 2.75) is 20.5 Å². The lowest BCUT2D eigenvalue weighted by molar-refractivity contribution is 0.0428. The number of carbonyl (C=O) groups is 1. The van der Waals surface area contributed by atoms with Crippen molar-refractivity contribution >= 4 is 17.6 Å². The highest BCUT2D eigenvalue weighted by atomic mass is 35.5. The van der Waals surface area contributed by atoms with E-state index in [-0.39, 0.29) is 23.2 Å². The summed E-state index contributed by atoms with van der Waals surface area (Å²) in [6.07, 6.45) is 0. The molecule has 0 saturated heterocycles. The number of esters is 1. The number of carbonyl (C=O) groups excluding carboxylic acids is 1. The fourth-order valence-electron chi connectivity index (χ4n) is 2.43. The number of ether oxygens (including phenoxy) is 2. The van der Waals surface area contributed by atoms with Crippen LogP contribution in [0.3, 0.4) is 0 Å². The van der Waals surface area contributed by atoms with Crippen LogP contribution in [-0.4, -0.2) is 28.2 Å². The largest absolute Gasteiger partial charge is 0.497 e. The molecule has 8 heteroatoms. The third-order valence-electron chi connectivity index (χ3n) is 3.63. The van der Waals surface area contributed by atoms with Crippen molar-refractivity contribution in [3.8, 4) is 17.1 Å². The maximum absolute atomic E-state index is 12.3. The number of aromatic nitrogens is 3. The molecule has 7 nitrogen and oxygen atoms in total. The molecular weight excluding hydrogens is 358 g/mol. The Kier molecular flexibility index (Phi) is 5.18. The Bertz CT molecular complexity index is 932. The zero-order valence-corrected chi connectivity index (χ0v) is 15.2. The van der Waals surface area contributed by atoms with E-state index in [2.05, 4.69) is 15.1 Å². The van der Waals surface area contributed by atoms with E-state index in [0.29, 0.717) is 17.1 Å². The van der Waals surface area contributed by atoms with Gasteiger partial charge in [-0.15, -0.1) is 0 Å². The molecule has 2 heterocycles. The van der Waals surface area contributed by atoms with Gasteiger partial charge in [0.25, 0.3) is 5.89 Å². The van der Waals surface area contributed by atoms with Gasteiger partial charge in [0.15, 0.2) is 6.61 Å². The number of pyridine rings is 1. The van der Waals surface area contributed by atoms with Crippen LogP contribution < -0.4 is 4.74 Å². The zero-order chi connectivity index (χ0) is 18.7. The number of aryl methyl sites for hydroxylation is 2. The van der Waals surface area contributed by atoms with E-state index in [0.717, 1.165) is 11.3 Å². The summed E-state index contributed by atoms with van der Waals surface area (Å²) < 4.78 is 15.5. The SMILES string of the molecule is COc1cccc(-c2noc(COC(=O)c3c(C)cc(C)nc3Cl)n2)c1. The normalized spacial score (nSPS) is 10.6. The molecule has 0 fully saturated rings. The molecule has 0 spiro atoms. The molecule has 1 aromatic carbocycles. The molecule has 0 bridgehead atoms. The van der Waals surface area contributed by atoms with Gasteiger partial charge in [-0.2, -0.15) is 4.98 Å². The molecule has 3 aromatic rings. The first-order chi connectivity index (χ1) is 12.5. The predicted octanol–water partition coefficient (Wildman–Crippen LogP) is 3.77. The third kappa shape index (κ3) is 3.83. The summed E-state index contributed by atoms with van der Waals surface area (Å²) in [6, 6.07) is 9.00. The van der Waals surface area contributed by atoms with Crippen molar-refractivity contribution in [3.63, 3.8) is 0 Å². The Morgan fingerprint density at radius 1 is 1.23 bits per heavy atom. The highest BCUT2D eigenvalue weighted by molar-refractivity contribution is 6.32. The summed E-state index contributed by atoms with van der Waals surface area (Å²) in [7, 11) is 1.58. The van der Waals surface area contributed by atoms with E-state index in [1.165, 1.54) is 0 Å². The van der Waals surface area contributed by atoms with E-state index in [1.807, 2.05) is 18.2 Å². The van der Waals surface area contributed by atoms with Crippen molar-refractivity contribution in [2.24, 2.45) is 0 Å². The second kappa shape index (κ2) is 7.53. The van der Waals surface area contributed by atoms with Gasteiger partial charge in [0.2, 0.25) is 5.82 Å². The molecule has 0 saturated carbocycles. The molecule has 0 aliphatic heterocycles. The van der Waals surface area contributed by atoms with Crippen LogP contribution in [0.25, 0.3) is 11.4 Å². The summed E-state index contributed by atoms with van der Waals surface area (Å²) in [5.74, 6) is 0.629. The molecule has 0 aliphatic carbocycles. The molecule has 3 rings (SSSR count). The van der Waals surface area contributed by atoms with E-state index in [4.69, 9.17) is 25.6 Å². The zero-order valence-electron chi connectivity index (χ0n) is 14.4. The van der Waals surface area contributed by atoms with Crippen molar-refractivity contribution in [3.05, 3.63) is 58.2 Å². The molecule has 2 aromatic heterocycles. The predicted molar refractivity (Wildman–Crippen MR) is 94.1 cm³/mol. The number of halogens is 1. The number of methoxy groups -OCH3 is 1. The van der Waals surface area contributed by atoms with Crippen LogP contribution >= 0.6 is 11.6 Å². The van der Waals surface area contributed by atoms with Gasteiger partial charge in [0.1, 0.15) is 10.9 Å². The van der Waals surface area contributed by atoms with Gasteiger partial charge in [-0.05, 0) is 37.6 Å². The quantitative estimate of drug-likeness (QED) is 0.497. The van der Waals surface area contributed by atoms with Gasteiger partial charge in [-0.1, -0.05) is 28.9 Å². The minimum atomic E-state index is -0.596. The Morgan fingerprint density at radius 3 is 2.77 bits per heavy atom. The van der Waals surface area contributed by atoms with Gasteiger partial charge in [0.05, 0.1) is 12.7 Å². The molecule has 0 aliphatic rings. The summed E-state index contributed by atoms with van der Waals surface area (Å²) in [5.41, 5.74) is 2.37. The van der Waals surface area contributed by atoms with Crippen molar-refractivity contribution in [1.29, 1.82) is 0 Å². The van der Waals surface area contributed by atoms with Gasteiger partial charge in [-0.3, -0.25) is 0 Å². The molecular formula is C18H16ClN3O4. The second-order valence-electron chi connectivity index (χ2n) is 5.57. The van der Waals surface area contributed by atoms with Crippen LogP contribution in [-0.2, 0) is 11.3 Å². The molecule has 0 unspecified atom stereocenters. The Balaban J connectivity index is 1.71. The first kappa shape index (κ1) is 17.9. The van der Waals surface area contributed by atoms with Crippen molar-refractivity contribution in [2.75, 3.05) is 7.11 Å². The molecule has 0 radical (unpaired) electrons. The summed E-state index contributed by atoms with van der Waals surface area (Å²) in [4.78, 5) is 20.6. The summed E-state index contributed by atoms with van der Waals surface area (Å²) in [6.45, 7) is 3.40. The van der Waals surface area contributed by atoms with Gasteiger partial charge in [-0.25, -0.2) is 9.78 Å². The Hall–Kier alpha value is -2.93. The monoisotopic (exact) mass is 373 g/mol. The fraction of sp³-hybridized carbons (Fsp3) is 0.222. The van der Waals surface area contributed by atoms with Crippen molar-refractivity contribution in [1.82, 2.24) is 15.1 Å². The first-order valence-electron chi connectivity index (χ1n) is 7.76. The number of benzene rings is 1. The van der Waals surface area contributed by atoms with Gasteiger partial charge in [0, 0.05) is 11.3 Å². The van der Waals surface area contributed by atoms with Crippen LogP contribution in [0.5, 0.6) is 5.75 Å². The standard InChI is InChI=1S/C18H16ClN3O4/c1-10-7-11(2)20-16(19)15(10)18(23)25-9-14-21-17(22-26-14)12-5-4-6-13(8-12)24-3/h4-8H,9H2,1-3H3. The molecule has 0 atom stereocenters. The number of hydrogen-bond acceptors (Lipinski definition) is 7. The molecule has 0 N–H and O–H groups in total. The molecule has 26 heavy (non-hydrogen) atoms. The lowest BCUT2D eigenvalue weighted by Gasteiger charge is -2.07. The maximum atomic E-state index is 12.3. The van der Waals surface area contributed by atoms with E-state index in [9.17, 15) is 4.79 Å². The Labute approximate surface area is 154 Å². The maximum Gasteiger partial charge on any atom is 0.342 e. The van der Waals surface area contributed by atoms with Crippen LogP contribution in [0.1, 0.15) is 27.5 Å². The fourth-order valence-corrected chi connectivity index (χ4v) is 2.79. The lowest BCUT2D eigenvalue weighted by atomic mass is 10.1. The third-order valence-corrected chi connectivity index (χ3v) is 3.90. The highest BCUT2D eigenvalue weighted by Crippen LogP contribution is 2.22. The van der Waals surface area contributed by atoms with Gasteiger partial charge < -0.3 is 14.0 Å². The topological polar surface area (TPSA) is 87.3 Å². The second-order valence-corrected chi connectivity index (χ2v) is 5.92. The average molecular weight is 374 g/mol. The van der Waals surface area contributed by atoms with E-state index in [1.54, 1.807) is 33.1 Å². The minimum absolute atomic E-state index is 0.107. The van der Waals surface area contributed by atoms with Crippen LogP contribution in [0.2, 0.25) is 5.15 Å². The van der Waals surface area contributed by atoms with E-state index < -0.39 is 5.97 Å². The Morgan fingerprint density at radius 2 is 2.04 bits per heavy atom. The number of nitrogens with zero attached hydrogens (tertiary/aromatic N) is 3. The highest BCUT2D eigenvalue weighted by Gasteiger charge is 2.18. The molecule has 0 amide bonds. The van der Waals surface area contributed by atoms with Gasteiger partial charge >= 0.3 is 5.97 Å².